The van der Waals surface area contributed by atoms with Crippen LogP contribution in [0.25, 0.3) is 0 Å². The summed E-state index contributed by atoms with van der Waals surface area (Å²) in [6.45, 7) is 24.1. The number of likely N-dealkylation sites (N-methyl/N-ethyl adjacent to an activating group) is 1. The van der Waals surface area contributed by atoms with Crippen LogP contribution in [-0.2, 0) is 0 Å². The van der Waals surface area contributed by atoms with E-state index in [1.165, 1.54) is 84.1 Å². The fourth-order valence-electron chi connectivity index (χ4n) is 7.20. The first-order valence-corrected chi connectivity index (χ1v) is 13.8. The van der Waals surface area contributed by atoms with E-state index in [9.17, 15) is 0 Å². The van der Waals surface area contributed by atoms with Crippen LogP contribution >= 0.6 is 0 Å². The molecule has 0 aromatic heterocycles. The van der Waals surface area contributed by atoms with Crippen LogP contribution in [0.15, 0.2) is 0 Å². The van der Waals surface area contributed by atoms with Crippen LogP contribution < -0.4 is 0 Å². The molecule has 182 valence electrons. The topological polar surface area (TPSA) is 9.72 Å². The van der Waals surface area contributed by atoms with Crippen molar-refractivity contribution in [2.45, 2.75) is 117 Å². The van der Waals surface area contributed by atoms with Gasteiger partial charge in [-0.3, -0.25) is 9.80 Å². The molecule has 0 bridgehead atoms. The van der Waals surface area contributed by atoms with Crippen LogP contribution in [0.2, 0.25) is 0 Å². The number of rotatable bonds is 8. The summed E-state index contributed by atoms with van der Waals surface area (Å²) in [5.41, 5.74) is 0.785. The number of likely N-dealkylation sites (tertiary alicyclic amines) is 1. The van der Waals surface area contributed by atoms with Crippen LogP contribution in [0.3, 0.4) is 0 Å². The zero-order chi connectivity index (χ0) is 22.8. The predicted molar refractivity (Wildman–Crippen MR) is 136 cm³/mol. The second-order valence-corrected chi connectivity index (χ2v) is 12.8. The third kappa shape index (κ3) is 6.27. The van der Waals surface area contributed by atoms with Gasteiger partial charge in [0.05, 0.1) is 0 Å². The maximum absolute atomic E-state index is 2.97. The molecule has 0 spiro atoms. The minimum absolute atomic E-state index is 0.360. The maximum atomic E-state index is 2.97. The Kier molecular flexibility index (Phi) is 8.58. The van der Waals surface area contributed by atoms with E-state index in [0.717, 1.165) is 29.8 Å². The highest BCUT2D eigenvalue weighted by Gasteiger charge is 2.45. The summed E-state index contributed by atoms with van der Waals surface area (Å²) in [4.78, 5) is 8.29. The SMILES string of the molecule is CCCC1N(C2CC2)CC(C)CC(C(C)CC(C)(CC)N2CCN(C)CC2)CC1(C)C. The monoisotopic (exact) mass is 433 g/mol. The molecule has 2 saturated heterocycles. The number of piperazine rings is 1. The highest BCUT2D eigenvalue weighted by molar-refractivity contribution is 4.99. The average molecular weight is 434 g/mol. The van der Waals surface area contributed by atoms with Crippen molar-refractivity contribution in [3.05, 3.63) is 0 Å². The van der Waals surface area contributed by atoms with E-state index in [1.54, 1.807) is 0 Å². The lowest BCUT2D eigenvalue weighted by atomic mass is 9.66. The van der Waals surface area contributed by atoms with Gasteiger partial charge in [0.25, 0.3) is 0 Å². The molecular weight excluding hydrogens is 378 g/mol. The molecule has 0 aromatic carbocycles. The van der Waals surface area contributed by atoms with Crippen molar-refractivity contribution < 1.29 is 0 Å². The third-order valence-corrected chi connectivity index (χ3v) is 9.49. The highest BCUT2D eigenvalue weighted by atomic mass is 15.3. The van der Waals surface area contributed by atoms with Gasteiger partial charge in [-0.2, -0.15) is 0 Å². The summed E-state index contributed by atoms with van der Waals surface area (Å²) in [7, 11) is 2.28. The normalized spacial score (nSPS) is 34.6. The minimum Gasteiger partial charge on any atom is -0.304 e. The first-order valence-electron chi connectivity index (χ1n) is 13.8. The Morgan fingerprint density at radius 3 is 2.26 bits per heavy atom. The lowest BCUT2D eigenvalue weighted by Gasteiger charge is -2.50. The molecule has 3 aliphatic rings. The van der Waals surface area contributed by atoms with Crippen LogP contribution in [0.4, 0.5) is 0 Å². The van der Waals surface area contributed by atoms with Crippen LogP contribution in [0.5, 0.6) is 0 Å². The number of nitrogens with zero attached hydrogens (tertiary/aromatic N) is 3. The van der Waals surface area contributed by atoms with E-state index >= 15 is 0 Å². The fraction of sp³-hybridized carbons (Fsp3) is 1.00. The molecule has 31 heavy (non-hydrogen) atoms. The van der Waals surface area contributed by atoms with E-state index in [2.05, 4.69) is 70.2 Å². The van der Waals surface area contributed by atoms with E-state index in [0.29, 0.717) is 11.0 Å². The van der Waals surface area contributed by atoms with Gasteiger partial charge in [-0.05, 0) is 82.1 Å². The molecule has 5 atom stereocenters. The van der Waals surface area contributed by atoms with Gasteiger partial charge >= 0.3 is 0 Å². The van der Waals surface area contributed by atoms with Gasteiger partial charge in [-0.1, -0.05) is 48.0 Å². The number of hydrogen-bond acceptors (Lipinski definition) is 3. The van der Waals surface area contributed by atoms with Crippen molar-refractivity contribution in [1.29, 1.82) is 0 Å². The molecule has 2 heterocycles. The van der Waals surface area contributed by atoms with Crippen molar-refractivity contribution in [3.63, 3.8) is 0 Å². The Hall–Kier alpha value is -0.120. The molecule has 1 aliphatic carbocycles. The Morgan fingerprint density at radius 2 is 1.71 bits per heavy atom. The standard InChI is InChI=1S/C28H55N3/c1-9-11-26-27(5,6)20-24(18-22(3)21-31(26)25-12-13-25)23(4)19-28(7,10-2)30-16-14-29(8)15-17-30/h22-26H,9-21H2,1-8H3. The fourth-order valence-corrected chi connectivity index (χ4v) is 7.20. The van der Waals surface area contributed by atoms with Crippen LogP contribution in [-0.4, -0.2) is 72.1 Å². The molecule has 0 radical (unpaired) electrons. The van der Waals surface area contributed by atoms with E-state index in [-0.39, 0.29) is 0 Å². The van der Waals surface area contributed by atoms with Gasteiger partial charge in [0.2, 0.25) is 0 Å². The summed E-state index contributed by atoms with van der Waals surface area (Å²) in [6.07, 6.45) is 11.1. The highest BCUT2D eigenvalue weighted by Crippen LogP contribution is 2.46. The van der Waals surface area contributed by atoms with Gasteiger partial charge in [0.1, 0.15) is 0 Å². The molecule has 2 aliphatic heterocycles. The van der Waals surface area contributed by atoms with E-state index in [1.807, 2.05) is 0 Å². The first-order chi connectivity index (χ1) is 14.6. The van der Waals surface area contributed by atoms with Gasteiger partial charge in [-0.15, -0.1) is 0 Å². The zero-order valence-corrected chi connectivity index (χ0v) is 22.4. The molecule has 3 fully saturated rings. The zero-order valence-electron chi connectivity index (χ0n) is 22.4. The minimum atomic E-state index is 0.360. The summed E-state index contributed by atoms with van der Waals surface area (Å²) < 4.78 is 0. The molecule has 0 aromatic rings. The lowest BCUT2D eigenvalue weighted by Crippen LogP contribution is -2.56. The Balaban J connectivity index is 1.73. The first kappa shape index (κ1) is 25.5. The van der Waals surface area contributed by atoms with Crippen molar-refractivity contribution in [1.82, 2.24) is 14.7 Å². The van der Waals surface area contributed by atoms with Gasteiger partial charge < -0.3 is 4.90 Å². The summed E-state index contributed by atoms with van der Waals surface area (Å²) in [5.74, 6) is 2.50. The van der Waals surface area contributed by atoms with Crippen LogP contribution in [0, 0.1) is 23.2 Å². The Labute approximate surface area is 195 Å². The molecular formula is C28H55N3. The van der Waals surface area contributed by atoms with Crippen LogP contribution in [0.1, 0.15) is 99.8 Å². The van der Waals surface area contributed by atoms with Crippen molar-refractivity contribution in [2.24, 2.45) is 23.2 Å². The van der Waals surface area contributed by atoms with Crippen molar-refractivity contribution in [2.75, 3.05) is 39.8 Å². The molecule has 5 unspecified atom stereocenters. The summed E-state index contributed by atoms with van der Waals surface area (Å²) >= 11 is 0. The molecule has 3 heteroatoms. The second-order valence-electron chi connectivity index (χ2n) is 12.8. The lowest BCUT2D eigenvalue weighted by molar-refractivity contribution is -0.00827. The van der Waals surface area contributed by atoms with E-state index < -0.39 is 0 Å². The van der Waals surface area contributed by atoms with E-state index in [4.69, 9.17) is 0 Å². The van der Waals surface area contributed by atoms with Gasteiger partial charge in [-0.25, -0.2) is 0 Å². The average Bonchev–Trinajstić information content (AvgIpc) is 3.54. The Morgan fingerprint density at radius 1 is 1.06 bits per heavy atom. The second kappa shape index (κ2) is 10.4. The largest absolute Gasteiger partial charge is 0.304 e. The summed E-state index contributed by atoms with van der Waals surface area (Å²) in [5, 5.41) is 0. The molecule has 3 rings (SSSR count). The quantitative estimate of drug-likeness (QED) is 0.455. The smallest absolute Gasteiger partial charge is 0.0182 e. The maximum Gasteiger partial charge on any atom is 0.0182 e. The molecule has 3 nitrogen and oxygen atoms in total. The number of hydrogen-bond donors (Lipinski definition) is 0. The third-order valence-electron chi connectivity index (χ3n) is 9.49. The van der Waals surface area contributed by atoms with Gasteiger partial charge in [0, 0.05) is 50.3 Å². The van der Waals surface area contributed by atoms with Gasteiger partial charge in [0.15, 0.2) is 0 Å². The Bertz CT molecular complexity index is 548. The molecule has 0 N–H and O–H groups in total. The predicted octanol–water partition coefficient (Wildman–Crippen LogP) is 6.13. The molecule has 0 amide bonds. The summed E-state index contributed by atoms with van der Waals surface area (Å²) in [6, 6.07) is 1.67. The van der Waals surface area contributed by atoms with Crippen molar-refractivity contribution in [3.8, 4) is 0 Å². The van der Waals surface area contributed by atoms with Crippen molar-refractivity contribution >= 4 is 0 Å². The molecule has 1 saturated carbocycles.